The summed E-state index contributed by atoms with van der Waals surface area (Å²) in [4.78, 5) is 22.3. The van der Waals surface area contributed by atoms with Crippen molar-refractivity contribution >= 4 is 17.3 Å². The van der Waals surface area contributed by atoms with Gasteiger partial charge in [0.15, 0.2) is 0 Å². The highest BCUT2D eigenvalue weighted by molar-refractivity contribution is 5.95. The Hall–Kier alpha value is -2.11. The second kappa shape index (κ2) is 5.90. The van der Waals surface area contributed by atoms with Gasteiger partial charge in [0.05, 0.1) is 10.5 Å². The Bertz CT molecular complexity index is 530. The lowest BCUT2D eigenvalue weighted by Gasteiger charge is -2.26. The highest BCUT2D eigenvalue weighted by atomic mass is 16.6. The minimum Gasteiger partial charge on any atom is -0.459 e. The van der Waals surface area contributed by atoms with Gasteiger partial charge in [-0.25, -0.2) is 4.79 Å². The number of anilines is 1. The molecule has 0 aromatic heterocycles. The number of ether oxygens (including phenoxy) is 1. The molecule has 1 aromatic rings. The molecule has 108 valence electrons. The van der Waals surface area contributed by atoms with Crippen LogP contribution in [0, 0.1) is 16.0 Å². The van der Waals surface area contributed by atoms with E-state index in [2.05, 4.69) is 6.92 Å². The quantitative estimate of drug-likeness (QED) is 0.397. The maximum Gasteiger partial charge on any atom is 0.340 e. The fourth-order valence-corrected chi connectivity index (χ4v) is 2.53. The number of nitrogens with two attached hydrogens (primary N) is 1. The average Bonchev–Trinajstić information content (AvgIpc) is 2.38. The Labute approximate surface area is 117 Å². The van der Waals surface area contributed by atoms with Crippen molar-refractivity contribution in [1.29, 1.82) is 0 Å². The van der Waals surface area contributed by atoms with Gasteiger partial charge in [0.1, 0.15) is 6.10 Å². The first kappa shape index (κ1) is 14.3. The lowest BCUT2D eigenvalue weighted by Crippen LogP contribution is -2.25. The van der Waals surface area contributed by atoms with Crippen LogP contribution in [0.4, 0.5) is 11.4 Å². The van der Waals surface area contributed by atoms with E-state index in [0.717, 1.165) is 25.7 Å². The van der Waals surface area contributed by atoms with E-state index in [-0.39, 0.29) is 23.0 Å². The summed E-state index contributed by atoms with van der Waals surface area (Å²) in [5.74, 6) is -0.0469. The minimum absolute atomic E-state index is 0.0671. The second-order valence-electron chi connectivity index (χ2n) is 5.33. The summed E-state index contributed by atoms with van der Waals surface area (Å²) < 4.78 is 5.42. The van der Waals surface area contributed by atoms with Gasteiger partial charge in [-0.2, -0.15) is 0 Å². The Kier molecular flexibility index (Phi) is 4.22. The molecular weight excluding hydrogens is 260 g/mol. The lowest BCUT2D eigenvalue weighted by molar-refractivity contribution is -0.384. The first-order valence-corrected chi connectivity index (χ1v) is 6.72. The van der Waals surface area contributed by atoms with Crippen molar-refractivity contribution in [3.05, 3.63) is 33.9 Å². The van der Waals surface area contributed by atoms with Crippen molar-refractivity contribution in [1.82, 2.24) is 0 Å². The molecule has 1 aliphatic rings. The van der Waals surface area contributed by atoms with Gasteiger partial charge in [-0.15, -0.1) is 0 Å². The van der Waals surface area contributed by atoms with Crippen LogP contribution in [0.5, 0.6) is 0 Å². The number of hydrogen-bond donors (Lipinski definition) is 1. The maximum atomic E-state index is 12.1. The SMILES string of the molecule is CC1CCCC(OC(=O)c2cc([N+](=O)[O-])ccc2N)C1. The summed E-state index contributed by atoms with van der Waals surface area (Å²) in [5, 5.41) is 10.7. The van der Waals surface area contributed by atoms with Crippen LogP contribution in [0.2, 0.25) is 0 Å². The van der Waals surface area contributed by atoms with Gasteiger partial charge in [-0.1, -0.05) is 13.3 Å². The fraction of sp³-hybridized carbons (Fsp3) is 0.500. The number of benzene rings is 1. The van der Waals surface area contributed by atoms with Crippen LogP contribution >= 0.6 is 0 Å². The summed E-state index contributed by atoms with van der Waals surface area (Å²) in [6, 6.07) is 3.80. The van der Waals surface area contributed by atoms with Gasteiger partial charge in [0.2, 0.25) is 0 Å². The molecule has 1 aromatic carbocycles. The molecule has 0 heterocycles. The minimum atomic E-state index is -0.578. The van der Waals surface area contributed by atoms with Gasteiger partial charge in [0.25, 0.3) is 5.69 Å². The summed E-state index contributed by atoms with van der Waals surface area (Å²) in [6.45, 7) is 2.13. The van der Waals surface area contributed by atoms with Crippen molar-refractivity contribution in [3.63, 3.8) is 0 Å². The predicted molar refractivity (Wildman–Crippen MR) is 74.3 cm³/mol. The molecule has 1 fully saturated rings. The molecule has 2 N–H and O–H groups in total. The zero-order valence-electron chi connectivity index (χ0n) is 11.4. The summed E-state index contributed by atoms with van der Waals surface area (Å²) >= 11 is 0. The van der Waals surface area contributed by atoms with E-state index in [1.54, 1.807) is 0 Å². The van der Waals surface area contributed by atoms with E-state index in [1.165, 1.54) is 18.2 Å². The number of nitro groups is 1. The van der Waals surface area contributed by atoms with E-state index in [1.807, 2.05) is 0 Å². The van der Waals surface area contributed by atoms with Crippen LogP contribution in [0.3, 0.4) is 0 Å². The molecule has 0 saturated heterocycles. The van der Waals surface area contributed by atoms with E-state index < -0.39 is 10.9 Å². The molecule has 2 unspecified atom stereocenters. The highest BCUT2D eigenvalue weighted by Gasteiger charge is 2.24. The fourth-order valence-electron chi connectivity index (χ4n) is 2.53. The van der Waals surface area contributed by atoms with E-state index in [0.29, 0.717) is 5.92 Å². The van der Waals surface area contributed by atoms with Crippen LogP contribution in [0.25, 0.3) is 0 Å². The molecule has 1 saturated carbocycles. The number of nitrogen functional groups attached to an aromatic ring is 1. The molecule has 0 aliphatic heterocycles. The molecule has 0 bridgehead atoms. The number of carbonyl (C=O) groups excluding carboxylic acids is 1. The third-order valence-corrected chi connectivity index (χ3v) is 3.63. The Morgan fingerprint density at radius 2 is 2.20 bits per heavy atom. The largest absolute Gasteiger partial charge is 0.459 e. The van der Waals surface area contributed by atoms with Gasteiger partial charge in [-0.3, -0.25) is 10.1 Å². The van der Waals surface area contributed by atoms with E-state index in [4.69, 9.17) is 10.5 Å². The molecule has 2 rings (SSSR count). The molecule has 1 aliphatic carbocycles. The van der Waals surface area contributed by atoms with Gasteiger partial charge < -0.3 is 10.5 Å². The Morgan fingerprint density at radius 3 is 2.85 bits per heavy atom. The number of nitro benzene ring substituents is 1. The number of nitrogens with zero attached hydrogens (tertiary/aromatic N) is 1. The molecule has 6 heteroatoms. The third-order valence-electron chi connectivity index (χ3n) is 3.63. The van der Waals surface area contributed by atoms with Crippen LogP contribution in [0.1, 0.15) is 43.0 Å². The van der Waals surface area contributed by atoms with Crippen molar-refractivity contribution in [2.24, 2.45) is 5.92 Å². The van der Waals surface area contributed by atoms with Crippen LogP contribution < -0.4 is 5.73 Å². The third kappa shape index (κ3) is 3.26. The zero-order chi connectivity index (χ0) is 14.7. The molecular formula is C14H18N2O4. The van der Waals surface area contributed by atoms with E-state index >= 15 is 0 Å². The summed E-state index contributed by atoms with van der Waals surface area (Å²) in [6.07, 6.45) is 3.73. The van der Waals surface area contributed by atoms with Crippen LogP contribution in [-0.2, 0) is 4.74 Å². The van der Waals surface area contributed by atoms with E-state index in [9.17, 15) is 14.9 Å². The normalized spacial score (nSPS) is 22.2. The van der Waals surface area contributed by atoms with Gasteiger partial charge in [0, 0.05) is 17.8 Å². The summed E-state index contributed by atoms with van der Waals surface area (Å²) in [7, 11) is 0. The predicted octanol–water partition coefficient (Wildman–Crippen LogP) is 2.91. The Balaban J connectivity index is 2.12. The monoisotopic (exact) mass is 278 g/mol. The lowest BCUT2D eigenvalue weighted by atomic mass is 9.89. The maximum absolute atomic E-state index is 12.1. The van der Waals surface area contributed by atoms with Crippen molar-refractivity contribution in [2.75, 3.05) is 5.73 Å². The van der Waals surface area contributed by atoms with Crippen molar-refractivity contribution in [2.45, 2.75) is 38.7 Å². The van der Waals surface area contributed by atoms with Gasteiger partial charge >= 0.3 is 5.97 Å². The zero-order valence-corrected chi connectivity index (χ0v) is 11.4. The average molecular weight is 278 g/mol. The second-order valence-corrected chi connectivity index (χ2v) is 5.33. The number of esters is 1. The Morgan fingerprint density at radius 1 is 1.45 bits per heavy atom. The molecule has 0 radical (unpaired) electrons. The molecule has 0 amide bonds. The van der Waals surface area contributed by atoms with Crippen LogP contribution in [-0.4, -0.2) is 17.0 Å². The first-order chi connectivity index (χ1) is 9.47. The molecule has 20 heavy (non-hydrogen) atoms. The first-order valence-electron chi connectivity index (χ1n) is 6.72. The number of non-ortho nitro benzene ring substituents is 1. The highest BCUT2D eigenvalue weighted by Crippen LogP contribution is 2.27. The standard InChI is InChI=1S/C14H18N2O4/c1-9-3-2-4-11(7-9)20-14(17)12-8-10(16(18)19)5-6-13(12)15/h5-6,8-9,11H,2-4,7,15H2,1H3. The number of carbonyl (C=O) groups is 1. The smallest absolute Gasteiger partial charge is 0.340 e. The number of hydrogen-bond acceptors (Lipinski definition) is 5. The topological polar surface area (TPSA) is 95.5 Å². The van der Waals surface area contributed by atoms with Crippen molar-refractivity contribution in [3.8, 4) is 0 Å². The molecule has 6 nitrogen and oxygen atoms in total. The molecule has 0 spiro atoms. The van der Waals surface area contributed by atoms with Crippen molar-refractivity contribution < 1.29 is 14.5 Å². The number of rotatable bonds is 3. The summed E-state index contributed by atoms with van der Waals surface area (Å²) in [5.41, 5.74) is 5.80. The van der Waals surface area contributed by atoms with Crippen LogP contribution in [0.15, 0.2) is 18.2 Å². The molecule has 2 atom stereocenters. The van der Waals surface area contributed by atoms with Gasteiger partial charge in [-0.05, 0) is 31.2 Å².